The summed E-state index contributed by atoms with van der Waals surface area (Å²) >= 11 is 3.33. The van der Waals surface area contributed by atoms with Gasteiger partial charge in [0.1, 0.15) is 0 Å². The summed E-state index contributed by atoms with van der Waals surface area (Å²) in [6.07, 6.45) is 2.40. The van der Waals surface area contributed by atoms with Crippen LogP contribution in [0.5, 0.6) is 0 Å². The van der Waals surface area contributed by atoms with Crippen LogP contribution in [0, 0.1) is 6.92 Å². The van der Waals surface area contributed by atoms with Crippen molar-refractivity contribution < 1.29 is 9.53 Å². The molecule has 0 amide bonds. The monoisotopic (exact) mass is 243 g/mol. The first-order valence-electron chi connectivity index (χ1n) is 3.90. The van der Waals surface area contributed by atoms with Gasteiger partial charge in [-0.2, -0.15) is 0 Å². The highest BCUT2D eigenvalue weighted by atomic mass is 79.9. The second-order valence-corrected chi connectivity index (χ2v) is 3.55. The molecule has 0 radical (unpaired) electrons. The lowest BCUT2D eigenvalue weighted by atomic mass is 10.2. The number of hydrogen-bond donors (Lipinski definition) is 0. The predicted molar refractivity (Wildman–Crippen MR) is 52.4 cm³/mol. The molecule has 0 N–H and O–H groups in total. The Morgan fingerprint density at radius 3 is 3.08 bits per heavy atom. The predicted octanol–water partition coefficient (Wildman–Crippen LogP) is 1.87. The fourth-order valence-electron chi connectivity index (χ4n) is 1.03. The number of carbonyl (C=O) groups excluding carboxylic acids is 1. The summed E-state index contributed by atoms with van der Waals surface area (Å²) in [6, 6.07) is 1.99. The van der Waals surface area contributed by atoms with Crippen LogP contribution in [-0.4, -0.2) is 18.1 Å². The largest absolute Gasteiger partial charge is 0.467 e. The van der Waals surface area contributed by atoms with Gasteiger partial charge in [0.25, 0.3) is 6.47 Å². The zero-order valence-corrected chi connectivity index (χ0v) is 8.87. The molecule has 0 aliphatic rings. The molecule has 0 aromatic carbocycles. The summed E-state index contributed by atoms with van der Waals surface area (Å²) in [5.41, 5.74) is 2.06. The fourth-order valence-corrected chi connectivity index (χ4v) is 1.48. The molecule has 0 bridgehead atoms. The molecule has 70 valence electrons. The highest BCUT2D eigenvalue weighted by molar-refractivity contribution is 9.10. The lowest BCUT2D eigenvalue weighted by molar-refractivity contribution is -0.128. The van der Waals surface area contributed by atoms with Crippen LogP contribution in [0.15, 0.2) is 16.7 Å². The third kappa shape index (κ3) is 3.14. The molecule has 13 heavy (non-hydrogen) atoms. The summed E-state index contributed by atoms with van der Waals surface area (Å²) in [5, 5.41) is 0. The van der Waals surface area contributed by atoms with Crippen molar-refractivity contribution in [1.82, 2.24) is 4.98 Å². The minimum Gasteiger partial charge on any atom is -0.467 e. The number of halogens is 1. The first-order valence-corrected chi connectivity index (χ1v) is 4.69. The van der Waals surface area contributed by atoms with E-state index in [9.17, 15) is 4.79 Å². The van der Waals surface area contributed by atoms with E-state index >= 15 is 0 Å². The lowest BCUT2D eigenvalue weighted by Crippen LogP contribution is -2.01. The van der Waals surface area contributed by atoms with Gasteiger partial charge in [-0.25, -0.2) is 0 Å². The topological polar surface area (TPSA) is 39.2 Å². The van der Waals surface area contributed by atoms with Crippen molar-refractivity contribution in [1.29, 1.82) is 0 Å². The van der Waals surface area contributed by atoms with E-state index in [4.69, 9.17) is 0 Å². The van der Waals surface area contributed by atoms with Crippen LogP contribution in [0.3, 0.4) is 0 Å². The Morgan fingerprint density at radius 2 is 2.46 bits per heavy atom. The minimum atomic E-state index is 0.388. The number of pyridine rings is 1. The molecule has 1 heterocycles. The van der Waals surface area contributed by atoms with Crippen molar-refractivity contribution in [3.05, 3.63) is 28.0 Å². The second kappa shape index (κ2) is 4.97. The normalized spacial score (nSPS) is 9.69. The fraction of sp³-hybridized carbons (Fsp3) is 0.333. The molecule has 1 aromatic rings. The number of aromatic nitrogens is 1. The Bertz CT molecular complexity index is 302. The van der Waals surface area contributed by atoms with Crippen LogP contribution in [0.4, 0.5) is 0 Å². The molecule has 0 atom stereocenters. The summed E-state index contributed by atoms with van der Waals surface area (Å²) in [5.74, 6) is 0. The number of hydrogen-bond acceptors (Lipinski definition) is 3. The number of nitrogens with zero attached hydrogens (tertiary/aromatic N) is 1. The van der Waals surface area contributed by atoms with Gasteiger partial charge in [0.15, 0.2) is 0 Å². The molecule has 0 fully saturated rings. The smallest absolute Gasteiger partial charge is 0.293 e. The van der Waals surface area contributed by atoms with Crippen LogP contribution >= 0.6 is 15.9 Å². The van der Waals surface area contributed by atoms with Gasteiger partial charge >= 0.3 is 0 Å². The van der Waals surface area contributed by atoms with E-state index in [0.29, 0.717) is 19.5 Å². The van der Waals surface area contributed by atoms with Crippen molar-refractivity contribution >= 4 is 22.4 Å². The Labute approximate surface area is 85.3 Å². The van der Waals surface area contributed by atoms with E-state index in [-0.39, 0.29) is 0 Å². The SMILES string of the molecule is Cc1cc(Br)cnc1CCOC=O. The maximum absolute atomic E-state index is 9.88. The van der Waals surface area contributed by atoms with Crippen molar-refractivity contribution in [3.8, 4) is 0 Å². The highest BCUT2D eigenvalue weighted by Crippen LogP contribution is 2.13. The summed E-state index contributed by atoms with van der Waals surface area (Å²) in [4.78, 5) is 14.1. The standard InChI is InChI=1S/C9H10BrNO2/c1-7-4-8(10)5-11-9(7)2-3-13-6-12/h4-6H,2-3H2,1H3. The minimum absolute atomic E-state index is 0.388. The maximum Gasteiger partial charge on any atom is 0.293 e. The van der Waals surface area contributed by atoms with Gasteiger partial charge in [0.05, 0.1) is 6.61 Å². The molecule has 0 saturated carbocycles. The molecule has 0 aliphatic heterocycles. The van der Waals surface area contributed by atoms with Gasteiger partial charge in [-0.3, -0.25) is 9.78 Å². The van der Waals surface area contributed by atoms with Crippen LogP contribution in [0.2, 0.25) is 0 Å². The van der Waals surface area contributed by atoms with Gasteiger partial charge in [0.2, 0.25) is 0 Å². The third-order valence-electron chi connectivity index (χ3n) is 1.68. The summed E-state index contributed by atoms with van der Waals surface area (Å²) in [6.45, 7) is 2.82. The molecule has 1 rings (SSSR count). The molecular formula is C9H10BrNO2. The average Bonchev–Trinajstić information content (AvgIpc) is 2.09. The average molecular weight is 244 g/mol. The highest BCUT2D eigenvalue weighted by Gasteiger charge is 2.00. The van der Waals surface area contributed by atoms with E-state index in [1.54, 1.807) is 6.20 Å². The van der Waals surface area contributed by atoms with Crippen molar-refractivity contribution in [2.45, 2.75) is 13.3 Å². The first kappa shape index (κ1) is 10.2. The van der Waals surface area contributed by atoms with Gasteiger partial charge in [-0.15, -0.1) is 0 Å². The van der Waals surface area contributed by atoms with Gasteiger partial charge in [-0.05, 0) is 34.5 Å². The molecule has 4 heteroatoms. The number of carbonyl (C=O) groups is 1. The molecule has 1 aromatic heterocycles. The Kier molecular flexibility index (Phi) is 3.89. The Morgan fingerprint density at radius 1 is 1.69 bits per heavy atom. The third-order valence-corrected chi connectivity index (χ3v) is 2.11. The van der Waals surface area contributed by atoms with Gasteiger partial charge in [0, 0.05) is 22.8 Å². The zero-order valence-electron chi connectivity index (χ0n) is 7.29. The van der Waals surface area contributed by atoms with Crippen LogP contribution in [0.1, 0.15) is 11.3 Å². The van der Waals surface area contributed by atoms with Crippen LogP contribution in [0.25, 0.3) is 0 Å². The second-order valence-electron chi connectivity index (χ2n) is 2.63. The molecule has 0 saturated heterocycles. The first-order chi connectivity index (χ1) is 6.24. The van der Waals surface area contributed by atoms with E-state index in [1.165, 1.54) is 0 Å². The summed E-state index contributed by atoms with van der Waals surface area (Å²) in [7, 11) is 0. The van der Waals surface area contributed by atoms with E-state index in [1.807, 2.05) is 13.0 Å². The summed E-state index contributed by atoms with van der Waals surface area (Å²) < 4.78 is 5.55. The van der Waals surface area contributed by atoms with E-state index in [2.05, 4.69) is 25.7 Å². The lowest BCUT2D eigenvalue weighted by Gasteiger charge is -2.03. The molecule has 0 unspecified atom stereocenters. The number of aryl methyl sites for hydroxylation is 1. The number of rotatable bonds is 4. The van der Waals surface area contributed by atoms with Crippen molar-refractivity contribution in [2.75, 3.05) is 6.61 Å². The molecule has 3 nitrogen and oxygen atoms in total. The van der Waals surface area contributed by atoms with Crippen LogP contribution < -0.4 is 0 Å². The van der Waals surface area contributed by atoms with Crippen LogP contribution in [-0.2, 0) is 16.0 Å². The van der Waals surface area contributed by atoms with Gasteiger partial charge < -0.3 is 4.74 Å². The van der Waals surface area contributed by atoms with Gasteiger partial charge in [-0.1, -0.05) is 0 Å². The van der Waals surface area contributed by atoms with E-state index < -0.39 is 0 Å². The number of ether oxygens (including phenoxy) is 1. The molecular weight excluding hydrogens is 234 g/mol. The quantitative estimate of drug-likeness (QED) is 0.599. The molecule has 0 spiro atoms. The van der Waals surface area contributed by atoms with Crippen molar-refractivity contribution in [2.24, 2.45) is 0 Å². The zero-order chi connectivity index (χ0) is 9.68. The van der Waals surface area contributed by atoms with E-state index in [0.717, 1.165) is 15.7 Å². The van der Waals surface area contributed by atoms with Crippen molar-refractivity contribution in [3.63, 3.8) is 0 Å². The molecule has 0 aliphatic carbocycles. The maximum atomic E-state index is 9.88. The Hall–Kier alpha value is -0.900. The Balaban J connectivity index is 2.61.